The molecule has 1 amide bonds. The second-order valence-electron chi connectivity index (χ2n) is 7.33. The number of hydrogen-bond acceptors (Lipinski definition) is 3. The molecule has 2 heterocycles. The van der Waals surface area contributed by atoms with Crippen molar-refractivity contribution in [3.05, 3.63) is 59.4 Å². The van der Waals surface area contributed by atoms with Gasteiger partial charge < -0.3 is 5.73 Å². The number of aromatic nitrogens is 2. The number of hydrogen-bond donors (Lipinski definition) is 1. The molecule has 154 valence electrons. The van der Waals surface area contributed by atoms with E-state index in [1.807, 2.05) is 6.08 Å². The third-order valence-electron chi connectivity index (χ3n) is 5.18. The zero-order chi connectivity index (χ0) is 19.9. The second-order valence-corrected chi connectivity index (χ2v) is 7.33. The summed E-state index contributed by atoms with van der Waals surface area (Å²) in [5.74, 6) is -0.330. The third kappa shape index (κ3) is 4.22. The average molecular weight is 425 g/mol. The van der Waals surface area contributed by atoms with E-state index in [1.165, 1.54) is 4.68 Å². The highest BCUT2D eigenvalue weighted by Gasteiger charge is 2.38. The number of carbonyl (C=O) groups excluding carboxylic acids is 1. The largest absolute Gasteiger partial charge is 0.435 e. The van der Waals surface area contributed by atoms with Crippen molar-refractivity contribution < 1.29 is 18.0 Å². The van der Waals surface area contributed by atoms with E-state index in [4.69, 9.17) is 5.73 Å². The molecule has 2 N–H and O–H groups in total. The molecule has 1 saturated carbocycles. The highest BCUT2D eigenvalue weighted by Crippen LogP contribution is 2.43. The van der Waals surface area contributed by atoms with Crippen LogP contribution < -0.4 is 5.73 Å². The number of alkyl halides is 3. The molecule has 1 aliphatic heterocycles. The summed E-state index contributed by atoms with van der Waals surface area (Å²) in [6, 6.07) is 8.19. The van der Waals surface area contributed by atoms with Gasteiger partial charge in [0.25, 0.3) is 0 Å². The van der Waals surface area contributed by atoms with Gasteiger partial charge in [0.05, 0.1) is 12.2 Å². The number of halogens is 4. The molecule has 1 atom stereocenters. The van der Waals surface area contributed by atoms with Crippen molar-refractivity contribution in [2.24, 2.45) is 10.7 Å². The third-order valence-corrected chi connectivity index (χ3v) is 5.18. The van der Waals surface area contributed by atoms with Gasteiger partial charge in [-0.1, -0.05) is 18.2 Å². The van der Waals surface area contributed by atoms with Crippen LogP contribution in [-0.4, -0.2) is 28.4 Å². The van der Waals surface area contributed by atoms with E-state index in [9.17, 15) is 18.0 Å². The van der Waals surface area contributed by atoms with Crippen LogP contribution in [0.4, 0.5) is 13.2 Å². The Balaban J connectivity index is 0.00000240. The first kappa shape index (κ1) is 21.1. The fourth-order valence-corrected chi connectivity index (χ4v) is 3.62. The van der Waals surface area contributed by atoms with Crippen LogP contribution >= 0.6 is 12.4 Å². The molecule has 1 aromatic carbocycles. The number of nitrogens with zero attached hydrogens (tertiary/aromatic N) is 3. The Morgan fingerprint density at radius 2 is 1.93 bits per heavy atom. The summed E-state index contributed by atoms with van der Waals surface area (Å²) < 4.78 is 40.7. The average Bonchev–Trinajstić information content (AvgIpc) is 3.39. The highest BCUT2D eigenvalue weighted by molar-refractivity contribution is 5.85. The SMILES string of the molecule is Cl.NC(=O)CC1(c2ccc(-n3nc(C(F)(F)F)cc3C3CC3)cc2)C=CC=NC1. The van der Waals surface area contributed by atoms with E-state index in [2.05, 4.69) is 10.1 Å². The minimum Gasteiger partial charge on any atom is -0.370 e. The van der Waals surface area contributed by atoms with Crippen molar-refractivity contribution in [3.8, 4) is 5.69 Å². The number of aliphatic imine (C=N–C) groups is 1. The Labute approximate surface area is 171 Å². The first-order valence-electron chi connectivity index (χ1n) is 9.02. The summed E-state index contributed by atoms with van der Waals surface area (Å²) in [5, 5.41) is 3.80. The number of rotatable bonds is 5. The molecule has 0 bridgehead atoms. The lowest BCUT2D eigenvalue weighted by atomic mass is 9.76. The van der Waals surface area contributed by atoms with Crippen LogP contribution in [0.3, 0.4) is 0 Å². The van der Waals surface area contributed by atoms with Gasteiger partial charge in [0.15, 0.2) is 5.69 Å². The van der Waals surface area contributed by atoms with E-state index >= 15 is 0 Å². The van der Waals surface area contributed by atoms with Crippen LogP contribution in [0.5, 0.6) is 0 Å². The van der Waals surface area contributed by atoms with E-state index in [0.29, 0.717) is 17.9 Å². The van der Waals surface area contributed by atoms with Crippen LogP contribution in [0.1, 0.15) is 42.1 Å². The number of primary amides is 1. The van der Waals surface area contributed by atoms with Crippen molar-refractivity contribution >= 4 is 24.5 Å². The van der Waals surface area contributed by atoms with Crippen LogP contribution in [0.25, 0.3) is 5.69 Å². The van der Waals surface area contributed by atoms with E-state index < -0.39 is 23.2 Å². The minimum absolute atomic E-state index is 0. The molecule has 2 aliphatic rings. The van der Waals surface area contributed by atoms with E-state index in [-0.39, 0.29) is 24.7 Å². The number of amides is 1. The van der Waals surface area contributed by atoms with Crippen molar-refractivity contribution in [1.82, 2.24) is 9.78 Å². The Morgan fingerprint density at radius 1 is 1.24 bits per heavy atom. The monoisotopic (exact) mass is 424 g/mol. The van der Waals surface area contributed by atoms with Crippen molar-refractivity contribution in [2.75, 3.05) is 6.54 Å². The van der Waals surface area contributed by atoms with Gasteiger partial charge in [0.1, 0.15) is 0 Å². The molecule has 1 aliphatic carbocycles. The summed E-state index contributed by atoms with van der Waals surface area (Å²) in [7, 11) is 0. The van der Waals surface area contributed by atoms with E-state index in [1.54, 1.807) is 36.6 Å². The lowest BCUT2D eigenvalue weighted by molar-refractivity contribution is -0.141. The van der Waals surface area contributed by atoms with Gasteiger partial charge in [-0.25, -0.2) is 4.68 Å². The highest BCUT2D eigenvalue weighted by atomic mass is 35.5. The molecule has 0 radical (unpaired) electrons. The number of carbonyl (C=O) groups is 1. The van der Waals surface area contributed by atoms with Gasteiger partial charge in [-0.2, -0.15) is 18.3 Å². The Bertz CT molecular complexity index is 961. The predicted molar refractivity (Wildman–Crippen MR) is 106 cm³/mol. The molecule has 2 aromatic rings. The standard InChI is InChI=1S/C20H19F3N4O.ClH/c21-20(22,23)17-10-16(13-2-3-13)27(26-17)15-6-4-14(5-7-15)19(11-18(24)28)8-1-9-25-12-19;/h1,4-10,13H,2-3,11-12H2,(H2,24,28);1H. The van der Waals surface area contributed by atoms with Crippen molar-refractivity contribution in [2.45, 2.75) is 36.8 Å². The molecule has 0 spiro atoms. The van der Waals surface area contributed by atoms with Gasteiger partial charge in [-0.05, 0) is 42.7 Å². The van der Waals surface area contributed by atoms with Crippen molar-refractivity contribution in [1.29, 1.82) is 0 Å². The Hall–Kier alpha value is -2.61. The molecular formula is C20H20ClF3N4O. The quantitative estimate of drug-likeness (QED) is 0.789. The van der Waals surface area contributed by atoms with Crippen LogP contribution in [0, 0.1) is 0 Å². The predicted octanol–water partition coefficient (Wildman–Crippen LogP) is 3.94. The maximum Gasteiger partial charge on any atom is 0.435 e. The summed E-state index contributed by atoms with van der Waals surface area (Å²) in [6.45, 7) is 0.388. The minimum atomic E-state index is -4.48. The van der Waals surface area contributed by atoms with Crippen LogP contribution in [0.15, 0.2) is 47.5 Å². The second kappa shape index (κ2) is 7.67. The van der Waals surface area contributed by atoms with Gasteiger partial charge in [0.2, 0.25) is 5.91 Å². The molecule has 29 heavy (non-hydrogen) atoms. The van der Waals surface area contributed by atoms with Crippen LogP contribution in [0.2, 0.25) is 0 Å². The summed E-state index contributed by atoms with van der Waals surface area (Å²) in [6.07, 6.45) is 2.69. The molecule has 1 aromatic heterocycles. The molecule has 1 fully saturated rings. The zero-order valence-electron chi connectivity index (χ0n) is 15.4. The van der Waals surface area contributed by atoms with Gasteiger partial charge in [0, 0.05) is 29.7 Å². The smallest absolute Gasteiger partial charge is 0.370 e. The normalized spacial score (nSPS) is 21.1. The maximum absolute atomic E-state index is 13.1. The first-order chi connectivity index (χ1) is 13.3. The zero-order valence-corrected chi connectivity index (χ0v) is 16.2. The molecule has 5 nitrogen and oxygen atoms in total. The summed E-state index contributed by atoms with van der Waals surface area (Å²) in [4.78, 5) is 15.8. The number of dihydropyridines is 1. The van der Waals surface area contributed by atoms with Gasteiger partial charge in [-0.15, -0.1) is 12.4 Å². The Kier molecular flexibility index (Phi) is 5.58. The first-order valence-corrected chi connectivity index (χ1v) is 9.02. The molecule has 1 unspecified atom stereocenters. The van der Waals surface area contributed by atoms with Crippen molar-refractivity contribution in [3.63, 3.8) is 0 Å². The number of allylic oxidation sites excluding steroid dienone is 1. The lowest BCUT2D eigenvalue weighted by Gasteiger charge is -2.30. The number of benzene rings is 1. The number of nitrogens with two attached hydrogens (primary N) is 1. The fraction of sp³-hybridized carbons (Fsp3) is 0.350. The van der Waals surface area contributed by atoms with Gasteiger partial charge in [-0.3, -0.25) is 9.79 Å². The topological polar surface area (TPSA) is 73.3 Å². The molecular weight excluding hydrogens is 405 g/mol. The van der Waals surface area contributed by atoms with E-state index in [0.717, 1.165) is 24.5 Å². The molecule has 0 saturated heterocycles. The van der Waals surface area contributed by atoms with Crippen LogP contribution in [-0.2, 0) is 16.4 Å². The van der Waals surface area contributed by atoms with Gasteiger partial charge >= 0.3 is 6.18 Å². The maximum atomic E-state index is 13.1. The summed E-state index contributed by atoms with van der Waals surface area (Å²) >= 11 is 0. The molecule has 4 rings (SSSR count). The lowest BCUT2D eigenvalue weighted by Crippen LogP contribution is -2.34. The summed E-state index contributed by atoms with van der Waals surface area (Å²) in [5.41, 5.74) is 5.87. The fourth-order valence-electron chi connectivity index (χ4n) is 3.62. The Morgan fingerprint density at radius 3 is 2.45 bits per heavy atom. The molecule has 9 heteroatoms.